The van der Waals surface area contributed by atoms with Crippen LogP contribution in [0.15, 0.2) is 42.5 Å². The predicted molar refractivity (Wildman–Crippen MR) is 110 cm³/mol. The van der Waals surface area contributed by atoms with Gasteiger partial charge in [-0.15, -0.1) is 0 Å². The van der Waals surface area contributed by atoms with Crippen molar-refractivity contribution in [2.24, 2.45) is 0 Å². The molecule has 148 valence electrons. The first-order chi connectivity index (χ1) is 13.6. The van der Waals surface area contributed by atoms with Crippen LogP contribution in [0.3, 0.4) is 0 Å². The topological polar surface area (TPSA) is 47.2 Å². The third kappa shape index (κ3) is 4.49. The van der Waals surface area contributed by atoms with E-state index in [0.29, 0.717) is 5.02 Å². The molecule has 2 heterocycles. The molecule has 1 fully saturated rings. The Labute approximate surface area is 171 Å². The minimum atomic E-state index is -0.0608. The fourth-order valence-corrected chi connectivity index (χ4v) is 4.27. The molecule has 6 heteroatoms. The Morgan fingerprint density at radius 1 is 1.14 bits per heavy atom. The van der Waals surface area contributed by atoms with E-state index in [4.69, 9.17) is 16.3 Å². The van der Waals surface area contributed by atoms with Gasteiger partial charge in [-0.3, -0.25) is 4.79 Å². The lowest BCUT2D eigenvalue weighted by Gasteiger charge is -2.32. The third-order valence-electron chi connectivity index (χ3n) is 5.92. The molecule has 3 N–H and O–H groups in total. The van der Waals surface area contributed by atoms with Gasteiger partial charge >= 0.3 is 0 Å². The maximum Gasteiger partial charge on any atom is 0.282 e. The van der Waals surface area contributed by atoms with Crippen LogP contribution in [-0.4, -0.2) is 44.7 Å². The van der Waals surface area contributed by atoms with E-state index in [1.54, 1.807) is 17.0 Å². The molecule has 2 aromatic carbocycles. The van der Waals surface area contributed by atoms with Gasteiger partial charge in [0.25, 0.3) is 5.91 Å². The van der Waals surface area contributed by atoms with E-state index in [1.807, 2.05) is 19.1 Å². The van der Waals surface area contributed by atoms with Crippen molar-refractivity contribution in [1.82, 2.24) is 0 Å². The first-order valence-electron chi connectivity index (χ1n) is 10.1. The molecule has 4 rings (SSSR count). The van der Waals surface area contributed by atoms with E-state index < -0.39 is 0 Å². The van der Waals surface area contributed by atoms with Crippen molar-refractivity contribution in [3.05, 3.63) is 58.6 Å². The number of nitrogens with one attached hydrogen (secondary N) is 3. The summed E-state index contributed by atoms with van der Waals surface area (Å²) in [6.07, 6.45) is 1.02. The van der Waals surface area contributed by atoms with Crippen molar-refractivity contribution in [2.45, 2.75) is 25.9 Å². The van der Waals surface area contributed by atoms with Crippen LogP contribution < -0.4 is 19.9 Å². The molecule has 0 aliphatic carbocycles. The molecule has 0 unspecified atom stereocenters. The first-order valence-corrected chi connectivity index (χ1v) is 10.5. The van der Waals surface area contributed by atoms with Gasteiger partial charge in [-0.05, 0) is 55.0 Å². The van der Waals surface area contributed by atoms with Crippen molar-refractivity contribution in [2.75, 3.05) is 38.1 Å². The monoisotopic (exact) mass is 401 g/mol. The number of benzene rings is 2. The van der Waals surface area contributed by atoms with Crippen molar-refractivity contribution in [1.29, 1.82) is 0 Å². The van der Waals surface area contributed by atoms with E-state index in [-0.39, 0.29) is 11.9 Å². The first kappa shape index (κ1) is 19.2. The Balaban J connectivity index is 1.27. The molecule has 1 atom stereocenters. The molecule has 0 radical (unpaired) electrons. The van der Waals surface area contributed by atoms with Crippen molar-refractivity contribution in [3.63, 3.8) is 0 Å². The minimum Gasteiger partial charge on any atom is -0.493 e. The van der Waals surface area contributed by atoms with Crippen LogP contribution in [0.5, 0.6) is 5.75 Å². The predicted octanol–water partition coefficient (Wildman–Crippen LogP) is 0.586. The molecule has 0 bridgehead atoms. The minimum absolute atomic E-state index is 0.0608. The van der Waals surface area contributed by atoms with Crippen LogP contribution in [0.25, 0.3) is 0 Å². The number of halogens is 1. The van der Waals surface area contributed by atoms with Gasteiger partial charge in [0.05, 0.1) is 6.61 Å². The number of piperazine rings is 1. The number of hydrogen-bond donors (Lipinski definition) is 3. The summed E-state index contributed by atoms with van der Waals surface area (Å²) >= 11 is 5.91. The van der Waals surface area contributed by atoms with E-state index in [0.717, 1.165) is 57.2 Å². The lowest BCUT2D eigenvalue weighted by atomic mass is 10.1. The number of hydrogen-bond acceptors (Lipinski definition) is 2. The van der Waals surface area contributed by atoms with Crippen molar-refractivity contribution < 1.29 is 19.3 Å². The largest absolute Gasteiger partial charge is 0.493 e. The summed E-state index contributed by atoms with van der Waals surface area (Å²) in [5.41, 5.74) is 3.52. The molecule has 5 nitrogen and oxygen atoms in total. The van der Waals surface area contributed by atoms with Gasteiger partial charge in [0, 0.05) is 22.7 Å². The molecule has 1 saturated heterocycles. The van der Waals surface area contributed by atoms with Crippen LogP contribution in [0.2, 0.25) is 5.02 Å². The number of amides is 1. The summed E-state index contributed by atoms with van der Waals surface area (Å²) in [5.74, 6) is 1.12. The fraction of sp³-hybridized carbons (Fsp3) is 0.409. The Kier molecular flexibility index (Phi) is 5.85. The van der Waals surface area contributed by atoms with Crippen LogP contribution in [0, 0.1) is 0 Å². The lowest BCUT2D eigenvalue weighted by molar-refractivity contribution is -1.02. The number of fused-ring (bicyclic) bond motifs is 1. The number of rotatable bonds is 5. The van der Waals surface area contributed by atoms with Gasteiger partial charge in [0.15, 0.2) is 6.04 Å². The second-order valence-electron chi connectivity index (χ2n) is 7.84. The molecule has 28 heavy (non-hydrogen) atoms. The van der Waals surface area contributed by atoms with Crippen LogP contribution in [0.4, 0.5) is 5.69 Å². The van der Waals surface area contributed by atoms with Gasteiger partial charge in [-0.2, -0.15) is 0 Å². The molecule has 2 aliphatic heterocycles. The van der Waals surface area contributed by atoms with Gasteiger partial charge < -0.3 is 19.9 Å². The van der Waals surface area contributed by atoms with E-state index in [1.165, 1.54) is 16.0 Å². The molecular formula is C22H28ClN3O2+2. The highest BCUT2D eigenvalue weighted by Gasteiger charge is 2.31. The van der Waals surface area contributed by atoms with Gasteiger partial charge in [0.2, 0.25) is 0 Å². The average Bonchev–Trinajstić information content (AvgIpc) is 3.17. The molecule has 0 saturated carbocycles. The molecule has 0 spiro atoms. The summed E-state index contributed by atoms with van der Waals surface area (Å²) < 4.78 is 5.60. The molecule has 0 aromatic heterocycles. The quantitative estimate of drug-likeness (QED) is 0.686. The highest BCUT2D eigenvalue weighted by Crippen LogP contribution is 2.25. The average molecular weight is 402 g/mol. The standard InChI is InChI=1S/C22H26ClN3O2/c1-16(22(27)24-20-5-3-19(23)4-6-20)26-11-9-25(10-12-26)15-17-2-7-21-18(14-17)8-13-28-21/h2-7,14,16H,8-13,15H2,1H3,(H,24,27)/p+2/t16-/m1/s1. The summed E-state index contributed by atoms with van der Waals surface area (Å²) in [5, 5.41) is 3.68. The second kappa shape index (κ2) is 8.52. The van der Waals surface area contributed by atoms with E-state index >= 15 is 0 Å². The summed E-state index contributed by atoms with van der Waals surface area (Å²) in [7, 11) is 0. The summed E-state index contributed by atoms with van der Waals surface area (Å²) in [6.45, 7) is 8.07. The van der Waals surface area contributed by atoms with Crippen LogP contribution in [0.1, 0.15) is 18.1 Å². The van der Waals surface area contributed by atoms with Gasteiger partial charge in [0.1, 0.15) is 38.5 Å². The Morgan fingerprint density at radius 3 is 2.64 bits per heavy atom. The van der Waals surface area contributed by atoms with Crippen molar-refractivity contribution in [3.8, 4) is 5.75 Å². The molecule has 1 amide bonds. The van der Waals surface area contributed by atoms with Crippen molar-refractivity contribution >= 4 is 23.2 Å². The molecule has 2 aliphatic rings. The number of carbonyl (C=O) groups excluding carboxylic acids is 1. The number of quaternary nitrogens is 2. The van der Waals surface area contributed by atoms with Crippen LogP contribution in [-0.2, 0) is 17.8 Å². The zero-order valence-corrected chi connectivity index (χ0v) is 17.0. The number of carbonyl (C=O) groups is 1. The Morgan fingerprint density at radius 2 is 1.89 bits per heavy atom. The van der Waals surface area contributed by atoms with Crippen LogP contribution >= 0.6 is 11.6 Å². The normalized spacial score (nSPS) is 22.2. The zero-order chi connectivity index (χ0) is 19.5. The number of anilines is 1. The maximum absolute atomic E-state index is 12.6. The van der Waals surface area contributed by atoms with E-state index in [9.17, 15) is 4.79 Å². The highest BCUT2D eigenvalue weighted by molar-refractivity contribution is 6.30. The summed E-state index contributed by atoms with van der Waals surface area (Å²) in [6, 6.07) is 13.8. The SMILES string of the molecule is C[C@H](C(=O)Nc1ccc(Cl)cc1)[NH+]1CC[NH+](Cc2ccc3c(c2)CCO3)CC1. The molecular weight excluding hydrogens is 374 g/mol. The third-order valence-corrected chi connectivity index (χ3v) is 6.18. The summed E-state index contributed by atoms with van der Waals surface area (Å²) in [4.78, 5) is 15.5. The molecule has 2 aromatic rings. The zero-order valence-electron chi connectivity index (χ0n) is 16.3. The Hall–Kier alpha value is -2.08. The second-order valence-corrected chi connectivity index (χ2v) is 8.28. The van der Waals surface area contributed by atoms with Gasteiger partial charge in [-0.1, -0.05) is 11.6 Å². The highest BCUT2D eigenvalue weighted by atomic mass is 35.5. The smallest absolute Gasteiger partial charge is 0.282 e. The maximum atomic E-state index is 12.6. The van der Waals surface area contributed by atoms with E-state index in [2.05, 4.69) is 23.5 Å². The van der Waals surface area contributed by atoms with Gasteiger partial charge in [-0.25, -0.2) is 0 Å². The lowest BCUT2D eigenvalue weighted by Crippen LogP contribution is -3.29. The fourth-order valence-electron chi connectivity index (χ4n) is 4.14. The number of ether oxygens (including phenoxy) is 1. The Bertz CT molecular complexity index is 832.